The van der Waals surface area contributed by atoms with Crippen molar-refractivity contribution in [3.05, 3.63) is 12.2 Å². The summed E-state index contributed by atoms with van der Waals surface area (Å²) >= 11 is 0. The number of terminal acetylenes is 1. The van der Waals surface area contributed by atoms with Crippen LogP contribution in [-0.4, -0.2) is 48.8 Å². The van der Waals surface area contributed by atoms with E-state index in [9.17, 15) is 9.59 Å². The van der Waals surface area contributed by atoms with Crippen LogP contribution in [0.4, 0.5) is 0 Å². The molecule has 3 N–H and O–H groups in total. The van der Waals surface area contributed by atoms with Crippen LogP contribution in [0.2, 0.25) is 0 Å². The Labute approximate surface area is 155 Å². The van der Waals surface area contributed by atoms with E-state index in [2.05, 4.69) is 28.7 Å². The van der Waals surface area contributed by atoms with Gasteiger partial charge in [0.1, 0.15) is 0 Å². The molecule has 1 amide bonds. The third-order valence-corrected chi connectivity index (χ3v) is 5.19. The van der Waals surface area contributed by atoms with Crippen molar-refractivity contribution in [3.63, 3.8) is 0 Å². The molecule has 0 radical (unpaired) electrons. The van der Waals surface area contributed by atoms with Crippen LogP contribution in [-0.2, 0) is 14.3 Å². The van der Waals surface area contributed by atoms with E-state index < -0.39 is 5.97 Å². The number of carbonyl (C=O) groups is 2. The molecule has 0 saturated carbocycles. The molecule has 144 valence electrons. The number of carboxylic acids is 1. The average molecular weight is 362 g/mol. The lowest BCUT2D eigenvalue weighted by Crippen LogP contribution is -2.41. The van der Waals surface area contributed by atoms with Gasteiger partial charge in [0.05, 0.1) is 18.8 Å². The molecule has 0 aromatic rings. The molecular weight excluding hydrogens is 332 g/mol. The number of unbranched alkanes of at least 4 members (excludes halogenated alkanes) is 1. The number of rotatable bonds is 12. The van der Waals surface area contributed by atoms with Gasteiger partial charge in [-0.15, -0.1) is 12.3 Å². The molecule has 2 aliphatic rings. The Morgan fingerprint density at radius 1 is 1.23 bits per heavy atom. The van der Waals surface area contributed by atoms with Crippen molar-refractivity contribution in [3.8, 4) is 12.3 Å². The molecule has 2 aliphatic heterocycles. The number of hydrogen-bond donors (Lipinski definition) is 3. The lowest BCUT2D eigenvalue weighted by atomic mass is 9.77. The van der Waals surface area contributed by atoms with Crippen LogP contribution in [0.5, 0.6) is 0 Å². The summed E-state index contributed by atoms with van der Waals surface area (Å²) in [5.74, 6) is 2.56. The van der Waals surface area contributed by atoms with Gasteiger partial charge in [-0.1, -0.05) is 12.2 Å². The number of aliphatic carboxylic acids is 1. The summed E-state index contributed by atoms with van der Waals surface area (Å²) in [5, 5.41) is 14.7. The molecule has 0 aromatic heterocycles. The monoisotopic (exact) mass is 362 g/mol. The van der Waals surface area contributed by atoms with Gasteiger partial charge in [-0.3, -0.25) is 9.59 Å². The fraction of sp³-hybridized carbons (Fsp3) is 0.700. The molecule has 4 atom stereocenters. The van der Waals surface area contributed by atoms with Gasteiger partial charge in [0.15, 0.2) is 0 Å². The second-order valence-electron chi connectivity index (χ2n) is 7.05. The smallest absolute Gasteiger partial charge is 0.303 e. The summed E-state index contributed by atoms with van der Waals surface area (Å²) in [4.78, 5) is 22.4. The molecule has 0 aromatic carbocycles. The maximum atomic E-state index is 11.9. The highest BCUT2D eigenvalue weighted by Crippen LogP contribution is 2.44. The van der Waals surface area contributed by atoms with Crippen LogP contribution in [0.15, 0.2) is 12.2 Å². The van der Waals surface area contributed by atoms with Crippen LogP contribution >= 0.6 is 0 Å². The summed E-state index contributed by atoms with van der Waals surface area (Å²) in [6, 6.07) is 0. The number of ether oxygens (including phenoxy) is 1. The molecule has 6 nitrogen and oxygen atoms in total. The molecule has 0 unspecified atom stereocenters. The SMILES string of the molecule is C#CCCNCC(=O)NC[C@H]1[C@@H](C/C=C\CCCC(=O)O)[C@H]2CC[C@@H]1O2. The minimum Gasteiger partial charge on any atom is -0.481 e. The van der Waals surface area contributed by atoms with E-state index >= 15 is 0 Å². The highest BCUT2D eigenvalue weighted by molar-refractivity contribution is 5.77. The van der Waals surface area contributed by atoms with Gasteiger partial charge in [-0.2, -0.15) is 0 Å². The molecule has 6 heteroatoms. The molecule has 2 saturated heterocycles. The summed E-state index contributed by atoms with van der Waals surface area (Å²) < 4.78 is 6.05. The zero-order valence-electron chi connectivity index (χ0n) is 15.3. The standard InChI is InChI=1S/C20H30N2O4/c1-2-3-12-21-14-19(23)22-13-16-15(17-10-11-18(16)26-17)8-6-4-5-7-9-20(24)25/h1,4,6,15-18,21H,3,5,7-14H2,(H,22,23)(H,24,25)/b6-4-/t15-,16+,17-,18+/m1/s1. The van der Waals surface area contributed by atoms with Gasteiger partial charge in [-0.25, -0.2) is 0 Å². The number of nitrogens with one attached hydrogen (secondary N) is 2. The predicted molar refractivity (Wildman–Crippen MR) is 99.4 cm³/mol. The van der Waals surface area contributed by atoms with Crippen molar-refractivity contribution in [1.82, 2.24) is 10.6 Å². The highest BCUT2D eigenvalue weighted by Gasteiger charge is 2.47. The lowest BCUT2D eigenvalue weighted by molar-refractivity contribution is -0.137. The average Bonchev–Trinajstić information content (AvgIpc) is 3.21. The Bertz CT molecular complexity index is 540. The molecule has 2 bridgehead atoms. The Balaban J connectivity index is 1.70. The van der Waals surface area contributed by atoms with E-state index in [4.69, 9.17) is 16.3 Å². The van der Waals surface area contributed by atoms with Crippen LogP contribution in [0.1, 0.15) is 44.9 Å². The van der Waals surface area contributed by atoms with Crippen molar-refractivity contribution in [1.29, 1.82) is 0 Å². The molecule has 2 heterocycles. The summed E-state index contributed by atoms with van der Waals surface area (Å²) in [5.41, 5.74) is 0. The van der Waals surface area contributed by atoms with E-state index in [1.165, 1.54) is 0 Å². The van der Waals surface area contributed by atoms with Gasteiger partial charge < -0.3 is 20.5 Å². The minimum absolute atomic E-state index is 0.00671. The maximum Gasteiger partial charge on any atom is 0.303 e. The normalized spacial score (nSPS) is 26.9. The van der Waals surface area contributed by atoms with E-state index in [1.54, 1.807) is 0 Å². The Hall–Kier alpha value is -1.84. The van der Waals surface area contributed by atoms with Gasteiger partial charge in [0.2, 0.25) is 5.91 Å². The van der Waals surface area contributed by atoms with E-state index in [0.717, 1.165) is 25.7 Å². The largest absolute Gasteiger partial charge is 0.481 e. The summed E-state index contributed by atoms with van der Waals surface area (Å²) in [6.45, 7) is 1.59. The zero-order chi connectivity index (χ0) is 18.8. The molecule has 0 aliphatic carbocycles. The molecular formula is C20H30N2O4. The summed E-state index contributed by atoms with van der Waals surface area (Å²) in [7, 11) is 0. The van der Waals surface area contributed by atoms with E-state index in [1.807, 2.05) is 0 Å². The second kappa shape index (κ2) is 11.0. The zero-order valence-corrected chi connectivity index (χ0v) is 15.3. The fourth-order valence-electron chi connectivity index (χ4n) is 3.88. The third-order valence-electron chi connectivity index (χ3n) is 5.19. The van der Waals surface area contributed by atoms with Crippen molar-refractivity contribution < 1.29 is 19.4 Å². The van der Waals surface area contributed by atoms with Crippen molar-refractivity contribution in [2.75, 3.05) is 19.6 Å². The first kappa shape index (κ1) is 20.5. The molecule has 0 spiro atoms. The quantitative estimate of drug-likeness (QED) is 0.279. The number of hydrogen-bond acceptors (Lipinski definition) is 4. The number of carboxylic acid groups (broad SMARTS) is 1. The van der Waals surface area contributed by atoms with Crippen LogP contribution in [0.3, 0.4) is 0 Å². The maximum absolute atomic E-state index is 11.9. The molecule has 2 rings (SSSR count). The summed E-state index contributed by atoms with van der Waals surface area (Å²) in [6.07, 6.45) is 15.3. The highest BCUT2D eigenvalue weighted by atomic mass is 16.5. The van der Waals surface area contributed by atoms with Gasteiger partial charge >= 0.3 is 5.97 Å². The first-order valence-electron chi connectivity index (χ1n) is 9.55. The number of amides is 1. The third kappa shape index (κ3) is 6.47. The molecule has 26 heavy (non-hydrogen) atoms. The van der Waals surface area contributed by atoms with Crippen molar-refractivity contribution in [2.24, 2.45) is 11.8 Å². The van der Waals surface area contributed by atoms with Gasteiger partial charge in [0.25, 0.3) is 0 Å². The van der Waals surface area contributed by atoms with Crippen LogP contribution in [0.25, 0.3) is 0 Å². The topological polar surface area (TPSA) is 87.7 Å². The Morgan fingerprint density at radius 2 is 2.00 bits per heavy atom. The fourth-order valence-corrected chi connectivity index (χ4v) is 3.88. The van der Waals surface area contributed by atoms with Crippen LogP contribution in [0, 0.1) is 24.2 Å². The Kier molecular flexibility index (Phi) is 8.66. The second-order valence-corrected chi connectivity index (χ2v) is 7.05. The molecule has 2 fully saturated rings. The van der Waals surface area contributed by atoms with Crippen molar-refractivity contribution in [2.45, 2.75) is 57.2 Å². The van der Waals surface area contributed by atoms with Crippen molar-refractivity contribution >= 4 is 11.9 Å². The van der Waals surface area contributed by atoms with E-state index in [-0.39, 0.29) is 25.0 Å². The first-order chi connectivity index (χ1) is 12.6. The number of allylic oxidation sites excluding steroid dienone is 2. The first-order valence-corrected chi connectivity index (χ1v) is 9.55. The number of carbonyl (C=O) groups excluding carboxylic acids is 1. The minimum atomic E-state index is -0.746. The Morgan fingerprint density at radius 3 is 2.73 bits per heavy atom. The number of fused-ring (bicyclic) bond motifs is 2. The van der Waals surface area contributed by atoms with Crippen LogP contribution < -0.4 is 10.6 Å². The predicted octanol–water partition coefficient (Wildman–Crippen LogP) is 1.71. The van der Waals surface area contributed by atoms with Gasteiger partial charge in [-0.05, 0) is 38.0 Å². The van der Waals surface area contributed by atoms with Gasteiger partial charge in [0, 0.05) is 31.8 Å². The lowest BCUT2D eigenvalue weighted by Gasteiger charge is -2.27. The van der Waals surface area contributed by atoms with E-state index in [0.29, 0.717) is 43.9 Å².